The zero-order chi connectivity index (χ0) is 18.8. The Labute approximate surface area is 153 Å². The van der Waals surface area contributed by atoms with E-state index in [2.05, 4.69) is 0 Å². The van der Waals surface area contributed by atoms with E-state index < -0.39 is 0 Å². The number of imide groups is 1. The van der Waals surface area contributed by atoms with Crippen LogP contribution in [0, 0.1) is 13.8 Å². The number of rotatable bonds is 5. The summed E-state index contributed by atoms with van der Waals surface area (Å²) in [6, 6.07) is 14.8. The van der Waals surface area contributed by atoms with Crippen molar-refractivity contribution >= 4 is 23.1 Å². The van der Waals surface area contributed by atoms with Gasteiger partial charge in [0.15, 0.2) is 0 Å². The lowest BCUT2D eigenvalue weighted by molar-refractivity contribution is -0.120. The Balaban J connectivity index is 2.13. The molecule has 1 heterocycles. The van der Waals surface area contributed by atoms with E-state index in [0.717, 1.165) is 11.1 Å². The van der Waals surface area contributed by atoms with Crippen molar-refractivity contribution in [3.05, 3.63) is 70.9 Å². The Hall–Kier alpha value is -2.92. The molecule has 1 aliphatic rings. The van der Waals surface area contributed by atoms with Crippen molar-refractivity contribution in [2.45, 2.75) is 13.8 Å². The van der Waals surface area contributed by atoms with Crippen LogP contribution in [0.5, 0.6) is 0 Å². The molecule has 2 amide bonds. The molecule has 1 aliphatic heterocycles. The van der Waals surface area contributed by atoms with Crippen LogP contribution in [0.3, 0.4) is 0 Å². The van der Waals surface area contributed by atoms with Gasteiger partial charge in [0.25, 0.3) is 11.8 Å². The van der Waals surface area contributed by atoms with E-state index >= 15 is 0 Å². The molecule has 0 atom stereocenters. The van der Waals surface area contributed by atoms with E-state index in [1.807, 2.05) is 56.3 Å². The molecule has 0 aromatic heterocycles. The van der Waals surface area contributed by atoms with Gasteiger partial charge in [0, 0.05) is 13.6 Å². The van der Waals surface area contributed by atoms with Crippen LogP contribution in [0.15, 0.2) is 54.2 Å². The molecule has 0 spiro atoms. The summed E-state index contributed by atoms with van der Waals surface area (Å²) in [5.41, 5.74) is 3.98. The van der Waals surface area contributed by atoms with Crippen LogP contribution < -0.4 is 4.90 Å². The molecule has 5 heteroatoms. The van der Waals surface area contributed by atoms with Crippen LogP contribution in [-0.2, 0) is 9.59 Å². The first-order valence-electron chi connectivity index (χ1n) is 8.53. The molecule has 0 saturated carbocycles. The normalized spacial score (nSPS) is 14.4. The highest BCUT2D eigenvalue weighted by molar-refractivity contribution is 6.45. The smallest absolute Gasteiger partial charge is 0.282 e. The number of benzene rings is 2. The molecule has 0 saturated heterocycles. The largest absolute Gasteiger partial charge is 0.395 e. The summed E-state index contributed by atoms with van der Waals surface area (Å²) in [5, 5.41) is 9.29. The molecular formula is C21H22N2O3. The first kappa shape index (κ1) is 17.9. The van der Waals surface area contributed by atoms with Crippen molar-refractivity contribution in [1.29, 1.82) is 0 Å². The standard InChI is InChI=1S/C21H22N2O3/c1-14-7-9-16(10-8-14)18-19(22(3)11-12-24)21(26)23(20(18)25)17-6-4-5-15(2)13-17/h4-10,13,24H,11-12H2,1-3H3. The van der Waals surface area contributed by atoms with Gasteiger partial charge in [-0.2, -0.15) is 0 Å². The highest BCUT2D eigenvalue weighted by Crippen LogP contribution is 2.34. The Morgan fingerprint density at radius 1 is 0.962 bits per heavy atom. The average molecular weight is 350 g/mol. The summed E-state index contributed by atoms with van der Waals surface area (Å²) in [7, 11) is 1.71. The number of aliphatic hydroxyl groups is 1. The number of aryl methyl sites for hydroxylation is 2. The van der Waals surface area contributed by atoms with Gasteiger partial charge in [-0.25, -0.2) is 4.90 Å². The maximum absolute atomic E-state index is 13.2. The first-order valence-corrected chi connectivity index (χ1v) is 8.53. The molecule has 0 fully saturated rings. The Morgan fingerprint density at radius 2 is 1.65 bits per heavy atom. The van der Waals surface area contributed by atoms with Gasteiger partial charge in [0.05, 0.1) is 17.9 Å². The van der Waals surface area contributed by atoms with Crippen LogP contribution >= 0.6 is 0 Å². The molecule has 0 aliphatic carbocycles. The summed E-state index contributed by atoms with van der Waals surface area (Å²) in [4.78, 5) is 29.2. The maximum Gasteiger partial charge on any atom is 0.282 e. The molecule has 134 valence electrons. The van der Waals surface area contributed by atoms with Gasteiger partial charge in [-0.15, -0.1) is 0 Å². The second-order valence-corrected chi connectivity index (χ2v) is 6.52. The molecular weight excluding hydrogens is 328 g/mol. The number of aliphatic hydroxyl groups excluding tert-OH is 1. The van der Waals surface area contributed by atoms with E-state index in [1.165, 1.54) is 4.90 Å². The second kappa shape index (κ2) is 7.14. The minimum atomic E-state index is -0.368. The molecule has 0 radical (unpaired) electrons. The number of carbonyl (C=O) groups is 2. The molecule has 2 aromatic carbocycles. The van der Waals surface area contributed by atoms with E-state index in [0.29, 0.717) is 22.5 Å². The summed E-state index contributed by atoms with van der Waals surface area (Å²) in [6.45, 7) is 4.05. The lowest BCUT2D eigenvalue weighted by atomic mass is 10.0. The van der Waals surface area contributed by atoms with Gasteiger partial charge in [-0.3, -0.25) is 9.59 Å². The minimum absolute atomic E-state index is 0.104. The molecule has 5 nitrogen and oxygen atoms in total. The molecule has 1 N–H and O–H groups in total. The number of hydrogen-bond acceptors (Lipinski definition) is 4. The number of nitrogens with zero attached hydrogens (tertiary/aromatic N) is 2. The Bertz CT molecular complexity index is 884. The SMILES string of the molecule is Cc1ccc(C2=C(N(C)CCO)C(=O)N(c3cccc(C)c3)C2=O)cc1. The lowest BCUT2D eigenvalue weighted by Gasteiger charge is -2.20. The van der Waals surface area contributed by atoms with Gasteiger partial charge in [-0.05, 0) is 37.1 Å². The summed E-state index contributed by atoms with van der Waals surface area (Å²) in [6.07, 6.45) is 0. The van der Waals surface area contributed by atoms with Crippen LogP contribution in [0.2, 0.25) is 0 Å². The predicted octanol–water partition coefficient (Wildman–Crippen LogP) is 2.51. The fourth-order valence-electron chi connectivity index (χ4n) is 3.12. The highest BCUT2D eigenvalue weighted by Gasteiger charge is 2.41. The van der Waals surface area contributed by atoms with Crippen molar-refractivity contribution in [2.24, 2.45) is 0 Å². The van der Waals surface area contributed by atoms with Crippen LogP contribution in [0.1, 0.15) is 16.7 Å². The summed E-state index contributed by atoms with van der Waals surface area (Å²) in [5.74, 6) is -0.712. The topological polar surface area (TPSA) is 60.9 Å². The van der Waals surface area contributed by atoms with Crippen LogP contribution in [0.25, 0.3) is 5.57 Å². The predicted molar refractivity (Wildman–Crippen MR) is 101 cm³/mol. The Morgan fingerprint density at radius 3 is 2.27 bits per heavy atom. The lowest BCUT2D eigenvalue weighted by Crippen LogP contribution is -2.34. The van der Waals surface area contributed by atoms with Crippen LogP contribution in [0.4, 0.5) is 5.69 Å². The summed E-state index contributed by atoms with van der Waals surface area (Å²) >= 11 is 0. The second-order valence-electron chi connectivity index (χ2n) is 6.52. The number of carbonyl (C=O) groups excluding carboxylic acids is 2. The monoisotopic (exact) mass is 350 g/mol. The van der Waals surface area contributed by atoms with Crippen molar-refractivity contribution in [2.75, 3.05) is 25.1 Å². The molecule has 2 aromatic rings. The molecule has 0 bridgehead atoms. The van der Waals surface area contributed by atoms with Gasteiger partial charge < -0.3 is 10.0 Å². The third-order valence-electron chi connectivity index (χ3n) is 4.48. The quantitative estimate of drug-likeness (QED) is 0.842. The molecule has 3 rings (SSSR count). The van der Waals surface area contributed by atoms with E-state index in [9.17, 15) is 14.7 Å². The van der Waals surface area contributed by atoms with Gasteiger partial charge in [0.1, 0.15) is 5.70 Å². The van der Waals surface area contributed by atoms with Crippen LogP contribution in [-0.4, -0.2) is 42.0 Å². The van der Waals surface area contributed by atoms with Crippen molar-refractivity contribution in [3.8, 4) is 0 Å². The highest BCUT2D eigenvalue weighted by atomic mass is 16.3. The van der Waals surface area contributed by atoms with E-state index in [-0.39, 0.29) is 25.0 Å². The fourth-order valence-corrected chi connectivity index (χ4v) is 3.12. The molecule has 0 unspecified atom stereocenters. The van der Waals surface area contributed by atoms with E-state index in [4.69, 9.17) is 0 Å². The number of hydrogen-bond donors (Lipinski definition) is 1. The maximum atomic E-state index is 13.2. The molecule has 26 heavy (non-hydrogen) atoms. The van der Waals surface area contributed by atoms with Gasteiger partial charge in [-0.1, -0.05) is 42.0 Å². The van der Waals surface area contributed by atoms with Crippen molar-refractivity contribution in [3.63, 3.8) is 0 Å². The third-order valence-corrected chi connectivity index (χ3v) is 4.48. The summed E-state index contributed by atoms with van der Waals surface area (Å²) < 4.78 is 0. The fraction of sp³-hybridized carbons (Fsp3) is 0.238. The average Bonchev–Trinajstić information content (AvgIpc) is 2.86. The van der Waals surface area contributed by atoms with E-state index in [1.54, 1.807) is 18.0 Å². The minimum Gasteiger partial charge on any atom is -0.395 e. The number of amides is 2. The van der Waals surface area contributed by atoms with Gasteiger partial charge in [0.2, 0.25) is 0 Å². The third kappa shape index (κ3) is 3.13. The van der Waals surface area contributed by atoms with Crippen molar-refractivity contribution < 1.29 is 14.7 Å². The van der Waals surface area contributed by atoms with Crippen molar-refractivity contribution in [1.82, 2.24) is 4.90 Å². The van der Waals surface area contributed by atoms with Gasteiger partial charge >= 0.3 is 0 Å². The number of likely N-dealkylation sites (N-methyl/N-ethyl adjacent to an activating group) is 1. The zero-order valence-electron chi connectivity index (χ0n) is 15.2. The zero-order valence-corrected chi connectivity index (χ0v) is 15.2. The Kier molecular flexibility index (Phi) is 4.91. The first-order chi connectivity index (χ1) is 12.4. The number of anilines is 1.